The molecule has 0 aliphatic carbocycles. The zero-order valence-corrected chi connectivity index (χ0v) is 19.5. The third-order valence-electron chi connectivity index (χ3n) is 5.17. The van der Waals surface area contributed by atoms with Crippen LogP contribution in [0.15, 0.2) is 72.8 Å². The van der Waals surface area contributed by atoms with E-state index in [0.29, 0.717) is 11.3 Å². The average Bonchev–Trinajstić information content (AvgIpc) is 2.85. The van der Waals surface area contributed by atoms with Crippen LogP contribution in [-0.4, -0.2) is 5.97 Å². The highest BCUT2D eigenvalue weighted by Gasteiger charge is 2.08. The lowest BCUT2D eigenvalue weighted by atomic mass is 10.1. The van der Waals surface area contributed by atoms with E-state index in [1.807, 2.05) is 60.7 Å². The number of aryl methyl sites for hydroxylation is 1. The molecule has 0 N–H and O–H groups in total. The monoisotopic (exact) mass is 434 g/mol. The number of hydrogen-bond donors (Lipinski definition) is 0. The summed E-state index contributed by atoms with van der Waals surface area (Å²) in [6, 6.07) is 22.9. The summed E-state index contributed by atoms with van der Waals surface area (Å²) >= 11 is 0. The molecule has 0 saturated heterocycles. The molecule has 0 spiro atoms. The van der Waals surface area contributed by atoms with Crippen molar-refractivity contribution in [2.45, 2.75) is 52.4 Å². The Morgan fingerprint density at radius 1 is 0.697 bits per heavy atom. The lowest BCUT2D eigenvalue weighted by molar-refractivity contribution is 0.0734. The fraction of sp³-hybridized carbons (Fsp3) is 0.258. The maximum absolute atomic E-state index is 12.4. The van der Waals surface area contributed by atoms with Gasteiger partial charge in [-0.1, -0.05) is 62.5 Å². The minimum absolute atomic E-state index is 0.351. The Labute approximate surface area is 198 Å². The average molecular weight is 435 g/mol. The minimum atomic E-state index is -0.351. The highest BCUT2D eigenvalue weighted by Crippen LogP contribution is 2.15. The van der Waals surface area contributed by atoms with Crippen molar-refractivity contribution in [3.05, 3.63) is 101 Å². The molecular weight excluding hydrogens is 404 g/mol. The van der Waals surface area contributed by atoms with Crippen LogP contribution in [0.2, 0.25) is 0 Å². The Morgan fingerprint density at radius 3 is 1.85 bits per heavy atom. The fourth-order valence-corrected chi connectivity index (χ4v) is 3.23. The maximum Gasteiger partial charge on any atom is 0.343 e. The van der Waals surface area contributed by atoms with Gasteiger partial charge in [0.2, 0.25) is 0 Å². The minimum Gasteiger partial charge on any atom is -0.423 e. The lowest BCUT2D eigenvalue weighted by Crippen LogP contribution is -2.08. The first-order valence-corrected chi connectivity index (χ1v) is 11.7. The summed E-state index contributed by atoms with van der Waals surface area (Å²) in [7, 11) is 0. The summed E-state index contributed by atoms with van der Waals surface area (Å²) in [6.07, 6.45) is 6.64. The molecule has 0 aliphatic rings. The molecule has 0 bridgehead atoms. The first kappa shape index (κ1) is 23.9. The van der Waals surface area contributed by atoms with Crippen LogP contribution in [0, 0.1) is 23.7 Å². The number of ether oxygens (including phenoxy) is 1. The van der Waals surface area contributed by atoms with Crippen LogP contribution in [0.4, 0.5) is 0 Å². The van der Waals surface area contributed by atoms with Crippen LogP contribution in [-0.2, 0) is 6.42 Å². The molecule has 0 aromatic heterocycles. The molecule has 3 rings (SSSR count). The highest BCUT2D eigenvalue weighted by molar-refractivity contribution is 5.91. The van der Waals surface area contributed by atoms with Gasteiger partial charge in [0, 0.05) is 23.1 Å². The number of carbonyl (C=O) groups is 1. The molecule has 2 heteroatoms. The van der Waals surface area contributed by atoms with E-state index in [1.54, 1.807) is 12.1 Å². The van der Waals surface area contributed by atoms with E-state index in [1.165, 1.54) is 24.8 Å². The van der Waals surface area contributed by atoms with Gasteiger partial charge >= 0.3 is 5.97 Å². The standard InChI is InChI=1S/C31H30O2/c1-3-5-7-9-25-11-13-27(14-12-25)15-16-28-19-23-30(24-20-28)33-31(32)29-21-17-26(18-22-29)10-8-6-4-2/h11-14,17-24H,3-6,8,10H2,1-2H3. The second-order valence-corrected chi connectivity index (χ2v) is 7.95. The Hall–Kier alpha value is -3.75. The van der Waals surface area contributed by atoms with Crippen LogP contribution in [0.25, 0.3) is 0 Å². The number of rotatable bonds is 7. The molecule has 0 aliphatic heterocycles. The Balaban J connectivity index is 1.55. The summed E-state index contributed by atoms with van der Waals surface area (Å²) in [5, 5.41) is 0. The van der Waals surface area contributed by atoms with Crippen molar-refractivity contribution in [3.8, 4) is 29.4 Å². The lowest BCUT2D eigenvalue weighted by Gasteiger charge is -2.06. The molecule has 3 aromatic rings. The number of hydrogen-bond acceptors (Lipinski definition) is 2. The Kier molecular flexibility index (Phi) is 9.38. The molecule has 0 unspecified atom stereocenters. The molecule has 0 heterocycles. The van der Waals surface area contributed by atoms with Crippen molar-refractivity contribution in [2.75, 3.05) is 0 Å². The molecule has 0 saturated carbocycles. The van der Waals surface area contributed by atoms with Crippen molar-refractivity contribution in [1.29, 1.82) is 0 Å². The number of esters is 1. The molecule has 166 valence electrons. The number of benzene rings is 3. The Bertz CT molecular complexity index is 1150. The van der Waals surface area contributed by atoms with E-state index in [4.69, 9.17) is 4.74 Å². The van der Waals surface area contributed by atoms with Gasteiger partial charge in [-0.15, -0.1) is 0 Å². The van der Waals surface area contributed by atoms with E-state index >= 15 is 0 Å². The molecule has 0 fully saturated rings. The van der Waals surface area contributed by atoms with Gasteiger partial charge in [-0.3, -0.25) is 0 Å². The van der Waals surface area contributed by atoms with E-state index < -0.39 is 0 Å². The normalized spacial score (nSPS) is 9.88. The van der Waals surface area contributed by atoms with Gasteiger partial charge in [0.25, 0.3) is 0 Å². The third-order valence-corrected chi connectivity index (χ3v) is 5.17. The SMILES string of the molecule is CCCC#Cc1ccc(C#Cc2ccc(OC(=O)c3ccc(CCCCC)cc3)cc2)cc1. The van der Waals surface area contributed by atoms with Crippen molar-refractivity contribution < 1.29 is 9.53 Å². The zero-order valence-electron chi connectivity index (χ0n) is 19.5. The topological polar surface area (TPSA) is 26.3 Å². The van der Waals surface area contributed by atoms with Crippen LogP contribution in [0.1, 0.15) is 78.6 Å². The van der Waals surface area contributed by atoms with Crippen LogP contribution in [0.5, 0.6) is 5.75 Å². The van der Waals surface area contributed by atoms with E-state index in [0.717, 1.165) is 36.0 Å². The molecule has 33 heavy (non-hydrogen) atoms. The van der Waals surface area contributed by atoms with Gasteiger partial charge in [0.1, 0.15) is 5.75 Å². The summed E-state index contributed by atoms with van der Waals surface area (Å²) < 4.78 is 5.51. The molecular formula is C31H30O2. The van der Waals surface area contributed by atoms with Crippen molar-refractivity contribution >= 4 is 5.97 Å². The fourth-order valence-electron chi connectivity index (χ4n) is 3.23. The molecule has 0 radical (unpaired) electrons. The van der Waals surface area contributed by atoms with E-state index in [2.05, 4.69) is 37.5 Å². The summed E-state index contributed by atoms with van der Waals surface area (Å²) in [4.78, 5) is 12.4. The second-order valence-electron chi connectivity index (χ2n) is 7.95. The maximum atomic E-state index is 12.4. The smallest absolute Gasteiger partial charge is 0.343 e. The van der Waals surface area contributed by atoms with Crippen molar-refractivity contribution in [1.82, 2.24) is 0 Å². The van der Waals surface area contributed by atoms with Gasteiger partial charge in [-0.25, -0.2) is 4.79 Å². The molecule has 0 amide bonds. The van der Waals surface area contributed by atoms with Crippen molar-refractivity contribution in [3.63, 3.8) is 0 Å². The van der Waals surface area contributed by atoms with E-state index in [9.17, 15) is 4.79 Å². The second kappa shape index (κ2) is 12.9. The van der Waals surface area contributed by atoms with Gasteiger partial charge in [0.05, 0.1) is 5.56 Å². The predicted octanol–water partition coefficient (Wildman–Crippen LogP) is 7.19. The van der Waals surface area contributed by atoms with Crippen LogP contribution in [0.3, 0.4) is 0 Å². The van der Waals surface area contributed by atoms with Gasteiger partial charge in [0.15, 0.2) is 0 Å². The van der Waals surface area contributed by atoms with Crippen LogP contribution >= 0.6 is 0 Å². The number of carbonyl (C=O) groups excluding carboxylic acids is 1. The summed E-state index contributed by atoms with van der Waals surface area (Å²) in [5.41, 5.74) is 4.61. The number of unbranched alkanes of at least 4 members (excludes halogenated alkanes) is 3. The Morgan fingerprint density at radius 2 is 1.27 bits per heavy atom. The molecule has 3 aromatic carbocycles. The van der Waals surface area contributed by atoms with Gasteiger partial charge in [-0.2, -0.15) is 0 Å². The highest BCUT2D eigenvalue weighted by atomic mass is 16.5. The first-order chi connectivity index (χ1) is 16.2. The predicted molar refractivity (Wildman–Crippen MR) is 135 cm³/mol. The van der Waals surface area contributed by atoms with Crippen LogP contribution < -0.4 is 4.74 Å². The molecule has 0 atom stereocenters. The first-order valence-electron chi connectivity index (χ1n) is 11.7. The van der Waals surface area contributed by atoms with Gasteiger partial charge < -0.3 is 4.74 Å². The largest absolute Gasteiger partial charge is 0.423 e. The van der Waals surface area contributed by atoms with Gasteiger partial charge in [-0.05, 0) is 85.5 Å². The summed E-state index contributed by atoms with van der Waals surface area (Å²) in [6.45, 7) is 4.32. The third kappa shape index (κ3) is 8.03. The van der Waals surface area contributed by atoms with Crippen molar-refractivity contribution in [2.24, 2.45) is 0 Å². The van der Waals surface area contributed by atoms with E-state index in [-0.39, 0.29) is 5.97 Å². The summed E-state index contributed by atoms with van der Waals surface area (Å²) in [5.74, 6) is 12.8. The zero-order chi connectivity index (χ0) is 23.3. The molecule has 2 nitrogen and oxygen atoms in total. The quantitative estimate of drug-likeness (QED) is 0.170.